The first-order chi connectivity index (χ1) is 9.24. The maximum Gasteiger partial charge on any atom is 0.227 e. The summed E-state index contributed by atoms with van der Waals surface area (Å²) in [6.45, 7) is 1.98. The van der Waals surface area contributed by atoms with Crippen LogP contribution in [0.5, 0.6) is 0 Å². The standard InChI is InChI=1S/C14H15ClN4/c15-11-6-2-1-5-10(11)12-9-13(16)18-14(17-12)19-7-3-4-8-19/h1-2,5-6,9H,3-4,7-8H2,(H2,16,17,18). The Morgan fingerprint density at radius 3 is 2.58 bits per heavy atom. The van der Waals surface area contributed by atoms with Crippen molar-refractivity contribution in [2.75, 3.05) is 23.7 Å². The molecule has 1 saturated heterocycles. The van der Waals surface area contributed by atoms with Crippen LogP contribution in [0.15, 0.2) is 30.3 Å². The van der Waals surface area contributed by atoms with Gasteiger partial charge in [0.1, 0.15) is 5.82 Å². The number of aromatic nitrogens is 2. The molecule has 0 saturated carbocycles. The molecule has 2 heterocycles. The molecule has 1 fully saturated rings. The highest BCUT2D eigenvalue weighted by molar-refractivity contribution is 6.33. The smallest absolute Gasteiger partial charge is 0.227 e. The first-order valence-electron chi connectivity index (χ1n) is 6.38. The Bertz CT molecular complexity index is 594. The Kier molecular flexibility index (Phi) is 3.25. The zero-order chi connectivity index (χ0) is 13.2. The number of rotatable bonds is 2. The predicted molar refractivity (Wildman–Crippen MR) is 78.3 cm³/mol. The average Bonchev–Trinajstić information content (AvgIpc) is 2.92. The molecule has 2 N–H and O–H groups in total. The van der Waals surface area contributed by atoms with Gasteiger partial charge in [-0.3, -0.25) is 0 Å². The summed E-state index contributed by atoms with van der Waals surface area (Å²) in [7, 11) is 0. The lowest BCUT2D eigenvalue weighted by Gasteiger charge is -2.16. The zero-order valence-corrected chi connectivity index (χ0v) is 11.3. The van der Waals surface area contributed by atoms with Crippen LogP contribution in [0, 0.1) is 0 Å². The molecule has 1 aliphatic rings. The molecule has 0 unspecified atom stereocenters. The lowest BCUT2D eigenvalue weighted by molar-refractivity contribution is 0.902. The van der Waals surface area contributed by atoms with Gasteiger partial charge in [-0.15, -0.1) is 0 Å². The van der Waals surface area contributed by atoms with Gasteiger partial charge in [-0.2, -0.15) is 4.98 Å². The largest absolute Gasteiger partial charge is 0.384 e. The second-order valence-corrected chi connectivity index (χ2v) is 5.06. The van der Waals surface area contributed by atoms with Crippen LogP contribution in [0.3, 0.4) is 0 Å². The van der Waals surface area contributed by atoms with Gasteiger partial charge in [-0.05, 0) is 18.9 Å². The van der Waals surface area contributed by atoms with Crippen LogP contribution in [0.4, 0.5) is 11.8 Å². The molecule has 4 nitrogen and oxygen atoms in total. The van der Waals surface area contributed by atoms with Gasteiger partial charge in [0.25, 0.3) is 0 Å². The van der Waals surface area contributed by atoms with E-state index in [2.05, 4.69) is 14.9 Å². The fourth-order valence-corrected chi connectivity index (χ4v) is 2.55. The third kappa shape index (κ3) is 2.49. The average molecular weight is 275 g/mol. The van der Waals surface area contributed by atoms with Gasteiger partial charge < -0.3 is 10.6 Å². The minimum atomic E-state index is 0.479. The van der Waals surface area contributed by atoms with E-state index in [1.807, 2.05) is 24.3 Å². The first-order valence-corrected chi connectivity index (χ1v) is 6.76. The Hall–Kier alpha value is -1.81. The monoisotopic (exact) mass is 274 g/mol. The fraction of sp³-hybridized carbons (Fsp3) is 0.286. The minimum Gasteiger partial charge on any atom is -0.384 e. The zero-order valence-electron chi connectivity index (χ0n) is 10.5. The molecule has 1 aromatic heterocycles. The number of hydrogen-bond donors (Lipinski definition) is 1. The van der Waals surface area contributed by atoms with Gasteiger partial charge in [0.05, 0.1) is 5.69 Å². The Labute approximate surface area is 117 Å². The van der Waals surface area contributed by atoms with Gasteiger partial charge in [-0.1, -0.05) is 29.8 Å². The van der Waals surface area contributed by atoms with E-state index < -0.39 is 0 Å². The third-order valence-electron chi connectivity index (χ3n) is 3.27. The second kappa shape index (κ2) is 5.05. The number of halogens is 1. The van der Waals surface area contributed by atoms with Crippen molar-refractivity contribution >= 4 is 23.4 Å². The van der Waals surface area contributed by atoms with Gasteiger partial charge in [0.15, 0.2) is 0 Å². The van der Waals surface area contributed by atoms with E-state index in [4.69, 9.17) is 17.3 Å². The molecule has 0 aliphatic carbocycles. The van der Waals surface area contributed by atoms with E-state index in [1.165, 1.54) is 12.8 Å². The maximum atomic E-state index is 6.21. The summed E-state index contributed by atoms with van der Waals surface area (Å²) in [6.07, 6.45) is 2.36. The van der Waals surface area contributed by atoms with Crippen LogP contribution in [-0.2, 0) is 0 Å². The number of anilines is 2. The van der Waals surface area contributed by atoms with Crippen LogP contribution in [0.25, 0.3) is 11.3 Å². The van der Waals surface area contributed by atoms with E-state index in [0.717, 1.165) is 24.3 Å². The number of benzene rings is 1. The topological polar surface area (TPSA) is 55.0 Å². The highest BCUT2D eigenvalue weighted by Crippen LogP contribution is 2.28. The SMILES string of the molecule is Nc1cc(-c2ccccc2Cl)nc(N2CCCC2)n1. The van der Waals surface area contributed by atoms with Crippen molar-refractivity contribution in [3.05, 3.63) is 35.4 Å². The van der Waals surface area contributed by atoms with Crippen molar-refractivity contribution in [3.8, 4) is 11.3 Å². The number of hydrogen-bond acceptors (Lipinski definition) is 4. The quantitative estimate of drug-likeness (QED) is 0.915. The van der Waals surface area contributed by atoms with Crippen molar-refractivity contribution in [1.29, 1.82) is 0 Å². The normalized spacial score (nSPS) is 14.9. The Morgan fingerprint density at radius 2 is 1.84 bits per heavy atom. The second-order valence-electron chi connectivity index (χ2n) is 4.65. The van der Waals surface area contributed by atoms with Crippen LogP contribution in [0.2, 0.25) is 5.02 Å². The van der Waals surface area contributed by atoms with Crippen molar-refractivity contribution in [2.45, 2.75) is 12.8 Å². The lowest BCUT2D eigenvalue weighted by Crippen LogP contribution is -2.21. The number of nitrogen functional groups attached to an aromatic ring is 1. The summed E-state index contributed by atoms with van der Waals surface area (Å²) in [6, 6.07) is 9.40. The van der Waals surface area contributed by atoms with Crippen LogP contribution in [-0.4, -0.2) is 23.1 Å². The van der Waals surface area contributed by atoms with Crippen LogP contribution < -0.4 is 10.6 Å². The molecule has 98 valence electrons. The van der Waals surface area contributed by atoms with E-state index in [9.17, 15) is 0 Å². The lowest BCUT2D eigenvalue weighted by atomic mass is 10.1. The number of nitrogens with zero attached hydrogens (tertiary/aromatic N) is 3. The minimum absolute atomic E-state index is 0.479. The summed E-state index contributed by atoms with van der Waals surface area (Å²) in [5.41, 5.74) is 7.56. The predicted octanol–water partition coefficient (Wildman–Crippen LogP) is 2.98. The van der Waals surface area contributed by atoms with Crippen molar-refractivity contribution in [3.63, 3.8) is 0 Å². The molecular weight excluding hydrogens is 260 g/mol. The molecule has 0 radical (unpaired) electrons. The Morgan fingerprint density at radius 1 is 1.11 bits per heavy atom. The van der Waals surface area contributed by atoms with Crippen molar-refractivity contribution < 1.29 is 0 Å². The molecule has 19 heavy (non-hydrogen) atoms. The first kappa shape index (κ1) is 12.2. The van der Waals surface area contributed by atoms with E-state index in [1.54, 1.807) is 6.07 Å². The van der Waals surface area contributed by atoms with E-state index in [-0.39, 0.29) is 0 Å². The molecular formula is C14H15ClN4. The van der Waals surface area contributed by atoms with Crippen molar-refractivity contribution in [2.24, 2.45) is 0 Å². The van der Waals surface area contributed by atoms with Gasteiger partial charge in [-0.25, -0.2) is 4.98 Å². The van der Waals surface area contributed by atoms with E-state index in [0.29, 0.717) is 16.8 Å². The highest BCUT2D eigenvalue weighted by Gasteiger charge is 2.17. The molecule has 1 aliphatic heterocycles. The molecule has 0 bridgehead atoms. The van der Waals surface area contributed by atoms with Gasteiger partial charge in [0.2, 0.25) is 5.95 Å². The molecule has 3 rings (SSSR count). The fourth-order valence-electron chi connectivity index (χ4n) is 2.32. The maximum absolute atomic E-state index is 6.21. The summed E-state index contributed by atoms with van der Waals surface area (Å²) >= 11 is 6.21. The molecule has 5 heteroatoms. The van der Waals surface area contributed by atoms with Crippen LogP contribution in [0.1, 0.15) is 12.8 Å². The van der Waals surface area contributed by atoms with Crippen molar-refractivity contribution in [1.82, 2.24) is 9.97 Å². The van der Waals surface area contributed by atoms with Crippen LogP contribution >= 0.6 is 11.6 Å². The summed E-state index contributed by atoms with van der Waals surface area (Å²) in [5.74, 6) is 1.18. The molecule has 1 aromatic carbocycles. The Balaban J connectivity index is 2.04. The van der Waals surface area contributed by atoms with Gasteiger partial charge >= 0.3 is 0 Å². The highest BCUT2D eigenvalue weighted by atomic mass is 35.5. The van der Waals surface area contributed by atoms with E-state index >= 15 is 0 Å². The third-order valence-corrected chi connectivity index (χ3v) is 3.60. The summed E-state index contributed by atoms with van der Waals surface area (Å²) < 4.78 is 0. The molecule has 0 amide bonds. The molecule has 2 aromatic rings. The molecule has 0 atom stereocenters. The summed E-state index contributed by atoms with van der Waals surface area (Å²) in [5, 5.41) is 0.674. The molecule has 0 spiro atoms. The summed E-state index contributed by atoms with van der Waals surface area (Å²) in [4.78, 5) is 11.1. The number of nitrogens with two attached hydrogens (primary N) is 1. The van der Waals surface area contributed by atoms with Gasteiger partial charge in [0, 0.05) is 29.7 Å².